The Hall–Kier alpha value is -0.830. The van der Waals surface area contributed by atoms with Crippen molar-refractivity contribution in [1.29, 1.82) is 5.26 Å². The molecule has 10 heavy (non-hydrogen) atoms. The summed E-state index contributed by atoms with van der Waals surface area (Å²) in [5.41, 5.74) is 0. The number of hydrogen-bond donors (Lipinski definition) is 0. The van der Waals surface area contributed by atoms with Crippen LogP contribution in [0.2, 0.25) is 0 Å². The highest BCUT2D eigenvalue weighted by Crippen LogP contribution is 2.18. The van der Waals surface area contributed by atoms with Crippen molar-refractivity contribution in [2.45, 2.75) is 12.5 Å². The lowest BCUT2D eigenvalue weighted by atomic mass is 10.4. The Bertz CT molecular complexity index is 137. The van der Waals surface area contributed by atoms with Crippen molar-refractivity contribution in [3.63, 3.8) is 0 Å². The minimum absolute atomic E-state index is 0.991. The highest BCUT2D eigenvalue weighted by molar-refractivity contribution is 4.83. The fraction of sp³-hybridized carbons (Fsp3) is 0.750. The number of nitriles is 1. The van der Waals surface area contributed by atoms with Crippen LogP contribution in [0, 0.1) is 11.3 Å². The van der Waals surface area contributed by atoms with Gasteiger partial charge in [-0.15, -0.1) is 13.2 Å². The van der Waals surface area contributed by atoms with Crippen LogP contribution in [0.15, 0.2) is 0 Å². The third kappa shape index (κ3) is 4.09. The standard InChI is InChI=1S/C4H3F4NO/c5-1-3(2-9)10-4(6,7)8/h3H,1H2. The van der Waals surface area contributed by atoms with E-state index in [9.17, 15) is 17.6 Å². The first kappa shape index (κ1) is 9.17. The molecule has 0 aromatic rings. The number of alkyl halides is 4. The predicted octanol–water partition coefficient (Wildman–Crippen LogP) is 1.38. The molecule has 0 N–H and O–H groups in total. The van der Waals surface area contributed by atoms with E-state index in [1.165, 1.54) is 0 Å². The summed E-state index contributed by atoms with van der Waals surface area (Å²) >= 11 is 0. The van der Waals surface area contributed by atoms with E-state index in [2.05, 4.69) is 4.74 Å². The first-order chi connectivity index (χ1) is 4.49. The molecule has 0 aliphatic carbocycles. The van der Waals surface area contributed by atoms with E-state index in [4.69, 9.17) is 5.26 Å². The molecule has 0 amide bonds. The van der Waals surface area contributed by atoms with Crippen LogP contribution in [0.3, 0.4) is 0 Å². The molecular formula is C4H3F4NO. The normalized spacial score (nSPS) is 14.3. The molecule has 6 heteroatoms. The van der Waals surface area contributed by atoms with Crippen molar-refractivity contribution in [3.05, 3.63) is 0 Å². The molecule has 1 atom stereocenters. The summed E-state index contributed by atoms with van der Waals surface area (Å²) in [7, 11) is 0. The second kappa shape index (κ2) is 3.37. The molecule has 0 aliphatic heterocycles. The number of halogens is 4. The average molecular weight is 157 g/mol. The van der Waals surface area contributed by atoms with E-state index in [-0.39, 0.29) is 0 Å². The van der Waals surface area contributed by atoms with Gasteiger partial charge in [0.2, 0.25) is 0 Å². The van der Waals surface area contributed by atoms with Gasteiger partial charge in [-0.05, 0) is 0 Å². The number of rotatable bonds is 2. The van der Waals surface area contributed by atoms with E-state index in [0.29, 0.717) is 0 Å². The van der Waals surface area contributed by atoms with Gasteiger partial charge in [-0.2, -0.15) is 5.26 Å². The van der Waals surface area contributed by atoms with Gasteiger partial charge in [0, 0.05) is 0 Å². The van der Waals surface area contributed by atoms with Gasteiger partial charge in [0.05, 0.1) is 6.07 Å². The van der Waals surface area contributed by atoms with Crippen molar-refractivity contribution in [1.82, 2.24) is 0 Å². The number of nitrogens with zero attached hydrogens (tertiary/aromatic N) is 1. The van der Waals surface area contributed by atoms with Gasteiger partial charge in [0.25, 0.3) is 0 Å². The zero-order chi connectivity index (χ0) is 8.20. The summed E-state index contributed by atoms with van der Waals surface area (Å²) in [6.07, 6.45) is -6.98. The lowest BCUT2D eigenvalue weighted by Crippen LogP contribution is -2.23. The largest absolute Gasteiger partial charge is 0.523 e. The second-order valence-corrected chi connectivity index (χ2v) is 1.34. The molecule has 58 valence electrons. The van der Waals surface area contributed by atoms with E-state index in [1.54, 1.807) is 0 Å². The van der Waals surface area contributed by atoms with Crippen molar-refractivity contribution in [3.8, 4) is 6.07 Å². The van der Waals surface area contributed by atoms with Gasteiger partial charge < -0.3 is 0 Å². The summed E-state index contributed by atoms with van der Waals surface area (Å²) in [5.74, 6) is 0. The van der Waals surface area contributed by atoms with Crippen LogP contribution in [0.25, 0.3) is 0 Å². The Morgan fingerprint density at radius 2 is 2.00 bits per heavy atom. The lowest BCUT2D eigenvalue weighted by molar-refractivity contribution is -0.336. The summed E-state index contributed by atoms with van der Waals surface area (Å²) < 4.78 is 47.8. The van der Waals surface area contributed by atoms with Crippen molar-refractivity contribution in [2.75, 3.05) is 6.67 Å². The molecular weight excluding hydrogens is 154 g/mol. The molecule has 0 rings (SSSR count). The zero-order valence-corrected chi connectivity index (χ0v) is 4.65. The quantitative estimate of drug-likeness (QED) is 0.567. The Morgan fingerprint density at radius 3 is 2.10 bits per heavy atom. The molecule has 0 aromatic heterocycles. The van der Waals surface area contributed by atoms with E-state index < -0.39 is 19.1 Å². The van der Waals surface area contributed by atoms with Crippen LogP contribution in [0.4, 0.5) is 17.6 Å². The fourth-order valence-electron chi connectivity index (χ4n) is 0.254. The van der Waals surface area contributed by atoms with Gasteiger partial charge in [-0.1, -0.05) is 0 Å². The first-order valence-electron chi connectivity index (χ1n) is 2.19. The van der Waals surface area contributed by atoms with Gasteiger partial charge in [-0.3, -0.25) is 4.74 Å². The van der Waals surface area contributed by atoms with Gasteiger partial charge in [0.15, 0.2) is 6.10 Å². The summed E-state index contributed by atoms with van der Waals surface area (Å²) in [6.45, 7) is -1.46. The van der Waals surface area contributed by atoms with E-state index in [1.807, 2.05) is 0 Å². The summed E-state index contributed by atoms with van der Waals surface area (Å²) in [4.78, 5) is 0. The minimum atomic E-state index is -4.94. The highest BCUT2D eigenvalue weighted by atomic mass is 19.4. The van der Waals surface area contributed by atoms with Crippen LogP contribution in [-0.4, -0.2) is 19.1 Å². The molecule has 0 bridgehead atoms. The SMILES string of the molecule is N#CC(CF)OC(F)(F)F. The molecule has 1 unspecified atom stereocenters. The lowest BCUT2D eigenvalue weighted by Gasteiger charge is -2.08. The number of hydrogen-bond acceptors (Lipinski definition) is 2. The van der Waals surface area contributed by atoms with Gasteiger partial charge in [0.1, 0.15) is 6.67 Å². The summed E-state index contributed by atoms with van der Waals surface area (Å²) in [5, 5.41) is 7.77. The predicted molar refractivity (Wildman–Crippen MR) is 22.5 cm³/mol. The molecule has 2 nitrogen and oxygen atoms in total. The molecule has 0 aliphatic rings. The van der Waals surface area contributed by atoms with Crippen molar-refractivity contribution >= 4 is 0 Å². The van der Waals surface area contributed by atoms with Crippen molar-refractivity contribution < 1.29 is 22.3 Å². The minimum Gasteiger partial charge on any atom is -0.270 e. The summed E-state index contributed by atoms with van der Waals surface area (Å²) in [6, 6.07) is 0.991. The van der Waals surface area contributed by atoms with E-state index >= 15 is 0 Å². The third-order valence-electron chi connectivity index (χ3n) is 0.560. The smallest absolute Gasteiger partial charge is 0.270 e. The fourth-order valence-corrected chi connectivity index (χ4v) is 0.254. The molecule has 0 heterocycles. The topological polar surface area (TPSA) is 33.0 Å². The van der Waals surface area contributed by atoms with Crippen LogP contribution < -0.4 is 0 Å². The molecule has 0 saturated heterocycles. The zero-order valence-electron chi connectivity index (χ0n) is 4.65. The molecule has 0 spiro atoms. The maximum Gasteiger partial charge on any atom is 0.523 e. The molecule has 0 radical (unpaired) electrons. The monoisotopic (exact) mass is 157 g/mol. The maximum absolute atomic E-state index is 11.3. The Balaban J connectivity index is 3.78. The highest BCUT2D eigenvalue weighted by Gasteiger charge is 2.33. The van der Waals surface area contributed by atoms with Crippen LogP contribution in [0.5, 0.6) is 0 Å². The van der Waals surface area contributed by atoms with Crippen molar-refractivity contribution in [2.24, 2.45) is 0 Å². The van der Waals surface area contributed by atoms with E-state index in [0.717, 1.165) is 6.07 Å². The second-order valence-electron chi connectivity index (χ2n) is 1.34. The molecule has 0 fully saturated rings. The Kier molecular flexibility index (Phi) is 3.09. The third-order valence-corrected chi connectivity index (χ3v) is 0.560. The average Bonchev–Trinajstić information content (AvgIpc) is 1.81. The molecule has 0 aromatic carbocycles. The molecule has 0 saturated carbocycles. The Morgan fingerprint density at radius 1 is 1.50 bits per heavy atom. The van der Waals surface area contributed by atoms with Crippen LogP contribution in [0.1, 0.15) is 0 Å². The number of ether oxygens (including phenoxy) is 1. The van der Waals surface area contributed by atoms with Gasteiger partial charge in [-0.25, -0.2) is 4.39 Å². The van der Waals surface area contributed by atoms with Crippen LogP contribution in [-0.2, 0) is 4.74 Å². The van der Waals surface area contributed by atoms with Gasteiger partial charge >= 0.3 is 6.36 Å². The first-order valence-corrected chi connectivity index (χ1v) is 2.19. The maximum atomic E-state index is 11.3. The van der Waals surface area contributed by atoms with Crippen LogP contribution >= 0.6 is 0 Å². The Labute approximate surface area is 54.0 Å².